The van der Waals surface area contributed by atoms with Crippen molar-refractivity contribution in [2.75, 3.05) is 39.3 Å². The summed E-state index contributed by atoms with van der Waals surface area (Å²) in [7, 11) is 0. The standard InChI is InChI=1S/C28H36N2O3.C23H28N2O/c1-28(2,3)33-27(32)30-17-16-29(19-21-10-5-4-6-11-21)20-25(30)26(31)18-23-14-9-13-22-12-7-8-15-24(22)23;26-23(15-20-11-6-10-19-9-4-5-12-21(19)20)22-17-25(14-13-24-22)16-18-7-2-1-3-8-18/h4-8,10-12,15,23,25H,9,13-14,16-20H2,1-3H3;1-5,7-9,12,20,22,24H,6,10-11,13-17H2/t23-,25-;20-,22-/m00/s1. The van der Waals surface area contributed by atoms with E-state index < -0.39 is 11.6 Å². The van der Waals surface area contributed by atoms with Crippen LogP contribution in [0.2, 0.25) is 0 Å². The minimum Gasteiger partial charge on any atom is -0.444 e. The molecule has 2 saturated heterocycles. The van der Waals surface area contributed by atoms with Crippen LogP contribution in [0.3, 0.4) is 0 Å². The van der Waals surface area contributed by atoms with Crippen molar-refractivity contribution in [2.24, 2.45) is 0 Å². The van der Waals surface area contributed by atoms with E-state index in [1.165, 1.54) is 39.8 Å². The van der Waals surface area contributed by atoms with Gasteiger partial charge in [-0.15, -0.1) is 0 Å². The van der Waals surface area contributed by atoms with Crippen LogP contribution in [0, 0.1) is 0 Å². The second kappa shape index (κ2) is 20.1. The number of carbonyl (C=O) groups excluding carboxylic acids is 3. The lowest BCUT2D eigenvalue weighted by Gasteiger charge is -2.41. The second-order valence-corrected chi connectivity index (χ2v) is 18.1. The monoisotopic (exact) mass is 796 g/mol. The van der Waals surface area contributed by atoms with Gasteiger partial charge >= 0.3 is 6.09 Å². The number of nitrogens with zero attached hydrogens (tertiary/aromatic N) is 3. The highest BCUT2D eigenvalue weighted by Gasteiger charge is 2.38. The molecule has 1 N–H and O–H groups in total. The van der Waals surface area contributed by atoms with Crippen LogP contribution in [-0.4, -0.2) is 89.3 Å². The van der Waals surface area contributed by atoms with E-state index in [-0.39, 0.29) is 23.8 Å². The molecule has 4 aromatic carbocycles. The van der Waals surface area contributed by atoms with Gasteiger partial charge in [-0.1, -0.05) is 109 Å². The number of fused-ring (bicyclic) bond motifs is 2. The molecular formula is C51H64N4O4. The van der Waals surface area contributed by atoms with Crippen molar-refractivity contribution in [3.8, 4) is 0 Å². The lowest BCUT2D eigenvalue weighted by atomic mass is 9.79. The summed E-state index contributed by atoms with van der Waals surface area (Å²) in [5.74, 6) is 1.15. The average Bonchev–Trinajstić information content (AvgIpc) is 3.24. The summed E-state index contributed by atoms with van der Waals surface area (Å²) < 4.78 is 5.67. The quantitative estimate of drug-likeness (QED) is 0.172. The molecule has 8 heteroatoms. The molecule has 2 aliphatic carbocycles. The van der Waals surface area contributed by atoms with Gasteiger partial charge in [0.1, 0.15) is 11.6 Å². The van der Waals surface area contributed by atoms with Gasteiger partial charge in [0.2, 0.25) is 0 Å². The molecule has 312 valence electrons. The maximum Gasteiger partial charge on any atom is 0.410 e. The van der Waals surface area contributed by atoms with Gasteiger partial charge in [0, 0.05) is 65.2 Å². The number of Topliss-reactive ketones (excluding diaryl/α,β-unsaturated/α-hetero) is 2. The van der Waals surface area contributed by atoms with E-state index in [9.17, 15) is 14.4 Å². The van der Waals surface area contributed by atoms with Gasteiger partial charge in [0.25, 0.3) is 0 Å². The highest BCUT2D eigenvalue weighted by molar-refractivity contribution is 5.88. The molecule has 4 aliphatic rings. The van der Waals surface area contributed by atoms with E-state index in [4.69, 9.17) is 4.74 Å². The van der Waals surface area contributed by atoms with Crippen molar-refractivity contribution in [1.82, 2.24) is 20.0 Å². The predicted molar refractivity (Wildman–Crippen MR) is 235 cm³/mol. The fraction of sp³-hybridized carbons (Fsp3) is 0.471. The van der Waals surface area contributed by atoms with Crippen molar-refractivity contribution < 1.29 is 19.1 Å². The van der Waals surface area contributed by atoms with Crippen molar-refractivity contribution in [3.63, 3.8) is 0 Å². The van der Waals surface area contributed by atoms with Gasteiger partial charge in [0.05, 0.1) is 6.04 Å². The Morgan fingerprint density at radius 2 is 1.14 bits per heavy atom. The predicted octanol–water partition coefficient (Wildman–Crippen LogP) is 8.73. The molecule has 4 aromatic rings. The summed E-state index contributed by atoms with van der Waals surface area (Å²) >= 11 is 0. The summed E-state index contributed by atoms with van der Waals surface area (Å²) in [6.45, 7) is 11.8. The van der Waals surface area contributed by atoms with E-state index in [2.05, 4.69) is 106 Å². The number of amides is 1. The SMILES string of the molecule is CC(C)(C)OC(=O)N1CCN(Cc2ccccc2)C[C@H]1C(=O)C[C@@H]1CCCc2ccccc21.O=C(C[C@@H]1CCCc2ccccc21)[C@@H]1CN(Cc2ccccc2)CCN1. The lowest BCUT2D eigenvalue weighted by molar-refractivity contribution is -0.127. The minimum atomic E-state index is -0.589. The first-order valence-electron chi connectivity index (χ1n) is 22.1. The van der Waals surface area contributed by atoms with Gasteiger partial charge in [-0.3, -0.25) is 24.3 Å². The van der Waals surface area contributed by atoms with Gasteiger partial charge in [0.15, 0.2) is 11.6 Å². The number of ketones is 2. The molecule has 2 aliphatic heterocycles. The van der Waals surface area contributed by atoms with Gasteiger partial charge < -0.3 is 10.1 Å². The zero-order valence-electron chi connectivity index (χ0n) is 35.5. The highest BCUT2D eigenvalue weighted by atomic mass is 16.6. The Morgan fingerprint density at radius 1 is 0.627 bits per heavy atom. The molecule has 4 atom stereocenters. The number of ether oxygens (including phenoxy) is 1. The van der Waals surface area contributed by atoms with Crippen LogP contribution in [0.1, 0.15) is 105 Å². The fourth-order valence-electron chi connectivity index (χ4n) is 9.55. The molecule has 0 bridgehead atoms. The maximum atomic E-state index is 13.7. The lowest BCUT2D eigenvalue weighted by Crippen LogP contribution is -2.58. The summed E-state index contributed by atoms with van der Waals surface area (Å²) in [5, 5.41) is 3.46. The van der Waals surface area contributed by atoms with Gasteiger partial charge in [-0.05, 0) is 105 Å². The number of benzene rings is 4. The first-order chi connectivity index (χ1) is 28.6. The molecule has 8 rings (SSSR count). The molecule has 1 amide bonds. The third kappa shape index (κ3) is 11.8. The van der Waals surface area contributed by atoms with Gasteiger partial charge in [-0.2, -0.15) is 0 Å². The molecular weight excluding hydrogens is 733 g/mol. The zero-order valence-corrected chi connectivity index (χ0v) is 35.5. The Labute approximate surface area is 352 Å². The van der Waals surface area contributed by atoms with Crippen LogP contribution in [0.25, 0.3) is 0 Å². The van der Waals surface area contributed by atoms with E-state index in [0.717, 1.165) is 71.4 Å². The molecule has 0 radical (unpaired) electrons. The largest absolute Gasteiger partial charge is 0.444 e. The van der Waals surface area contributed by atoms with Gasteiger partial charge in [-0.25, -0.2) is 4.79 Å². The Morgan fingerprint density at radius 3 is 1.69 bits per heavy atom. The number of rotatable bonds is 10. The fourth-order valence-corrected chi connectivity index (χ4v) is 9.55. The molecule has 2 fully saturated rings. The molecule has 0 saturated carbocycles. The Hall–Kier alpha value is -4.63. The first kappa shape index (κ1) is 42.5. The third-order valence-corrected chi connectivity index (χ3v) is 12.5. The second-order valence-electron chi connectivity index (χ2n) is 18.1. The number of aryl methyl sites for hydroxylation is 2. The number of hydrogen-bond donors (Lipinski definition) is 1. The molecule has 0 spiro atoms. The number of piperazine rings is 2. The van der Waals surface area contributed by atoms with E-state index in [1.807, 2.05) is 39.0 Å². The van der Waals surface area contributed by atoms with Crippen molar-refractivity contribution in [1.29, 1.82) is 0 Å². The van der Waals surface area contributed by atoms with Crippen LogP contribution in [0.4, 0.5) is 4.79 Å². The number of carbonyl (C=O) groups is 3. The van der Waals surface area contributed by atoms with Crippen LogP contribution in [0.5, 0.6) is 0 Å². The average molecular weight is 797 g/mol. The smallest absolute Gasteiger partial charge is 0.410 e. The number of hydrogen-bond acceptors (Lipinski definition) is 7. The normalized spacial score (nSPS) is 22.3. The van der Waals surface area contributed by atoms with Crippen molar-refractivity contribution in [2.45, 2.75) is 115 Å². The summed E-state index contributed by atoms with van der Waals surface area (Å²) in [6, 6.07) is 37.5. The summed E-state index contributed by atoms with van der Waals surface area (Å²) in [5.41, 5.74) is 7.46. The highest BCUT2D eigenvalue weighted by Crippen LogP contribution is 2.36. The van der Waals surface area contributed by atoms with Crippen LogP contribution < -0.4 is 5.32 Å². The molecule has 2 heterocycles. The van der Waals surface area contributed by atoms with Crippen molar-refractivity contribution in [3.05, 3.63) is 143 Å². The molecule has 0 aromatic heterocycles. The third-order valence-electron chi connectivity index (χ3n) is 12.5. The molecule has 59 heavy (non-hydrogen) atoms. The minimum absolute atomic E-state index is 0.0263. The Bertz CT molecular complexity index is 2000. The number of nitrogens with one attached hydrogen (secondary N) is 1. The van der Waals surface area contributed by atoms with E-state index in [1.54, 1.807) is 4.90 Å². The Kier molecular flexibility index (Phi) is 14.5. The summed E-state index contributed by atoms with van der Waals surface area (Å²) in [4.78, 5) is 46.0. The summed E-state index contributed by atoms with van der Waals surface area (Å²) in [6.07, 6.45) is 7.48. The van der Waals surface area contributed by atoms with Crippen LogP contribution in [0.15, 0.2) is 109 Å². The van der Waals surface area contributed by atoms with E-state index >= 15 is 0 Å². The molecule has 0 unspecified atom stereocenters. The van der Waals surface area contributed by atoms with Crippen LogP contribution >= 0.6 is 0 Å². The topological polar surface area (TPSA) is 82.2 Å². The maximum absolute atomic E-state index is 13.7. The van der Waals surface area contributed by atoms with Crippen molar-refractivity contribution >= 4 is 17.7 Å². The molecule has 8 nitrogen and oxygen atoms in total. The van der Waals surface area contributed by atoms with E-state index in [0.29, 0.717) is 37.6 Å². The Balaban J connectivity index is 0.000000184. The van der Waals surface area contributed by atoms with Crippen LogP contribution in [-0.2, 0) is 40.3 Å². The zero-order chi connectivity index (χ0) is 41.2. The first-order valence-corrected chi connectivity index (χ1v) is 22.1.